The van der Waals surface area contributed by atoms with Crippen molar-refractivity contribution in [1.29, 1.82) is 0 Å². The fraction of sp³-hybridized carbons (Fsp3) is 0. The summed E-state index contributed by atoms with van der Waals surface area (Å²) in [4.78, 5) is 2.60. The zero-order valence-electron chi connectivity index (χ0n) is 6.59. The average Bonchev–Trinajstić information content (AvgIpc) is 2.55. The molecule has 64 valence electrons. The van der Waals surface area contributed by atoms with E-state index in [1.54, 1.807) is 22.7 Å². The second kappa shape index (κ2) is 6.58. The van der Waals surface area contributed by atoms with Gasteiger partial charge in [-0.15, -0.1) is 21.6 Å². The van der Waals surface area contributed by atoms with Crippen LogP contribution in [0.4, 0.5) is 0 Å². The van der Waals surface area contributed by atoms with Gasteiger partial charge in [-0.25, -0.2) is 0 Å². The van der Waals surface area contributed by atoms with Crippen LogP contribution in [0.5, 0.6) is 0 Å². The molecule has 2 aromatic heterocycles. The molecule has 0 aromatic carbocycles. The Labute approximate surface area is 120 Å². The Hall–Kier alpha value is 1.13. The van der Waals surface area contributed by atoms with Crippen molar-refractivity contribution in [2.75, 3.05) is 0 Å². The van der Waals surface area contributed by atoms with E-state index in [0.717, 1.165) is 0 Å². The van der Waals surface area contributed by atoms with E-state index in [0.29, 0.717) is 0 Å². The summed E-state index contributed by atoms with van der Waals surface area (Å²) in [6.07, 6.45) is 0. The van der Waals surface area contributed by atoms with Crippen LogP contribution in [-0.2, 0) is 0 Å². The van der Waals surface area contributed by atoms with Crippen LogP contribution < -0.4 is 17.0 Å². The summed E-state index contributed by atoms with van der Waals surface area (Å²) in [6.45, 7) is 0. The Balaban J connectivity index is 0.000000720. The molecule has 0 bridgehead atoms. The molecule has 0 atom stereocenters. The minimum Gasteiger partial charge on any atom is -1.00 e. The van der Waals surface area contributed by atoms with Crippen molar-refractivity contribution < 1.29 is 17.0 Å². The molecule has 2 aromatic rings. The second-order valence-corrected chi connectivity index (χ2v) is 5.36. The maximum atomic E-state index is 3.43. The SMILES string of the molecule is Brc1ccc(-c2cc[c-]s2)s1.[Br-].[Mg+2]. The monoisotopic (exact) mass is 346 g/mol. The fourth-order valence-corrected chi connectivity index (χ4v) is 2.94. The molecule has 0 N–H and O–H groups in total. The molecule has 0 amide bonds. The topological polar surface area (TPSA) is 0 Å². The molecule has 0 nitrogen and oxygen atoms in total. The van der Waals surface area contributed by atoms with E-state index in [1.165, 1.54) is 13.5 Å². The molecule has 0 saturated heterocycles. The largest absolute Gasteiger partial charge is 2.00 e. The molecule has 0 unspecified atom stereocenters. The predicted molar refractivity (Wildman–Crippen MR) is 59.9 cm³/mol. The van der Waals surface area contributed by atoms with Crippen molar-refractivity contribution in [1.82, 2.24) is 0 Å². The molecule has 0 fully saturated rings. The van der Waals surface area contributed by atoms with E-state index < -0.39 is 0 Å². The van der Waals surface area contributed by atoms with Crippen molar-refractivity contribution in [2.45, 2.75) is 0 Å². The third-order valence-corrected chi connectivity index (χ3v) is 3.90. The van der Waals surface area contributed by atoms with Crippen LogP contribution in [0.2, 0.25) is 0 Å². The summed E-state index contributed by atoms with van der Waals surface area (Å²) >= 11 is 6.84. The summed E-state index contributed by atoms with van der Waals surface area (Å²) in [5.74, 6) is 0. The predicted octanol–water partition coefficient (Wildman–Crippen LogP) is 0.662. The molecule has 5 heteroatoms. The van der Waals surface area contributed by atoms with Gasteiger partial charge in [-0.3, -0.25) is 11.3 Å². The molecule has 0 saturated carbocycles. The van der Waals surface area contributed by atoms with Gasteiger partial charge in [0, 0.05) is 0 Å². The molecule has 0 aliphatic heterocycles. The van der Waals surface area contributed by atoms with Crippen molar-refractivity contribution in [3.63, 3.8) is 0 Å². The Morgan fingerprint density at radius 3 is 2.38 bits per heavy atom. The van der Waals surface area contributed by atoms with Gasteiger partial charge >= 0.3 is 23.1 Å². The number of hydrogen-bond donors (Lipinski definition) is 0. The van der Waals surface area contributed by atoms with Crippen LogP contribution >= 0.6 is 38.6 Å². The van der Waals surface area contributed by atoms with Crippen molar-refractivity contribution in [3.8, 4) is 9.75 Å². The summed E-state index contributed by atoms with van der Waals surface area (Å²) < 4.78 is 1.18. The summed E-state index contributed by atoms with van der Waals surface area (Å²) in [6, 6.07) is 8.23. The molecule has 2 heterocycles. The van der Waals surface area contributed by atoms with Gasteiger partial charge in [-0.2, -0.15) is 12.1 Å². The Bertz CT molecular complexity index is 343. The summed E-state index contributed by atoms with van der Waals surface area (Å²) in [7, 11) is 0. The van der Waals surface area contributed by atoms with Gasteiger partial charge in [0.2, 0.25) is 0 Å². The van der Waals surface area contributed by atoms with Gasteiger partial charge in [-0.05, 0) is 26.9 Å². The van der Waals surface area contributed by atoms with Gasteiger partial charge in [0.25, 0.3) is 0 Å². The average molecular weight is 348 g/mol. The van der Waals surface area contributed by atoms with E-state index in [1.807, 2.05) is 6.07 Å². The van der Waals surface area contributed by atoms with Crippen LogP contribution in [0, 0.1) is 5.38 Å². The first-order chi connectivity index (χ1) is 5.36. The van der Waals surface area contributed by atoms with E-state index in [2.05, 4.69) is 39.5 Å². The minimum atomic E-state index is 0. The zero-order valence-corrected chi connectivity index (χ0v) is 12.8. The molecule has 0 aliphatic carbocycles. The summed E-state index contributed by atoms with van der Waals surface area (Å²) in [5, 5.41) is 3.07. The Morgan fingerprint density at radius 1 is 1.15 bits per heavy atom. The number of hydrogen-bond acceptors (Lipinski definition) is 2. The summed E-state index contributed by atoms with van der Waals surface area (Å²) in [5.41, 5.74) is 0. The van der Waals surface area contributed by atoms with Crippen LogP contribution in [-0.4, -0.2) is 23.1 Å². The molecule has 13 heavy (non-hydrogen) atoms. The first-order valence-corrected chi connectivity index (χ1v) is 5.50. The zero-order chi connectivity index (χ0) is 7.68. The van der Waals surface area contributed by atoms with Gasteiger partial charge in [0.1, 0.15) is 0 Å². The second-order valence-electron chi connectivity index (χ2n) is 2.02. The minimum absolute atomic E-state index is 0. The van der Waals surface area contributed by atoms with Crippen molar-refractivity contribution in [3.05, 3.63) is 33.4 Å². The first-order valence-electron chi connectivity index (χ1n) is 3.08. The molecule has 0 aliphatic rings. The van der Waals surface area contributed by atoms with Crippen LogP contribution in [0.15, 0.2) is 28.1 Å². The van der Waals surface area contributed by atoms with Crippen LogP contribution in [0.3, 0.4) is 0 Å². The van der Waals surface area contributed by atoms with E-state index in [9.17, 15) is 0 Å². The molecule has 0 spiro atoms. The molecule has 0 radical (unpaired) electrons. The van der Waals surface area contributed by atoms with Crippen molar-refractivity contribution in [2.24, 2.45) is 0 Å². The van der Waals surface area contributed by atoms with E-state index >= 15 is 0 Å². The standard InChI is InChI=1S/C8H4BrS2.BrH.Mg/c9-8-4-3-7(11-8)6-2-1-5-10-6;;/h1-4H;1H;/q-1;;+2/p-1. The normalized spacial score (nSPS) is 8.69. The molecule has 2 rings (SSSR count). The number of thiophene rings is 2. The Morgan fingerprint density at radius 2 is 1.92 bits per heavy atom. The number of halogens is 2. The third-order valence-electron chi connectivity index (χ3n) is 1.29. The molecular formula is C8H4Br2MgS2. The van der Waals surface area contributed by atoms with Gasteiger partial charge < -0.3 is 17.0 Å². The Kier molecular flexibility index (Phi) is 7.15. The maximum absolute atomic E-state index is 3.43. The quantitative estimate of drug-likeness (QED) is 0.525. The fourth-order valence-electron chi connectivity index (χ4n) is 0.820. The van der Waals surface area contributed by atoms with Gasteiger partial charge in [0.15, 0.2) is 0 Å². The van der Waals surface area contributed by atoms with Crippen molar-refractivity contribution >= 4 is 61.7 Å². The van der Waals surface area contributed by atoms with Gasteiger partial charge in [-0.1, -0.05) is 6.07 Å². The third kappa shape index (κ3) is 3.64. The molecular weight excluding hydrogens is 344 g/mol. The van der Waals surface area contributed by atoms with Crippen LogP contribution in [0.25, 0.3) is 9.75 Å². The number of rotatable bonds is 1. The maximum Gasteiger partial charge on any atom is 2.00 e. The smallest absolute Gasteiger partial charge is 1.00 e. The van der Waals surface area contributed by atoms with E-state index in [-0.39, 0.29) is 40.0 Å². The van der Waals surface area contributed by atoms with Gasteiger partial charge in [0.05, 0.1) is 3.79 Å². The van der Waals surface area contributed by atoms with E-state index in [4.69, 9.17) is 0 Å². The van der Waals surface area contributed by atoms with Crippen LogP contribution in [0.1, 0.15) is 0 Å². The first kappa shape index (κ1) is 14.1.